The molecule has 2 nitrogen and oxygen atoms in total. The van der Waals surface area contributed by atoms with Crippen LogP contribution in [-0.4, -0.2) is 22.9 Å². The SMILES string of the molecule is CC(=O)O[PH](C1CCCCC1)(C1CCCCC1)C1CCCCC1. The number of carbonyl (C=O) groups is 1. The van der Waals surface area contributed by atoms with Gasteiger partial charge in [0.2, 0.25) is 0 Å². The zero-order chi connectivity index (χ0) is 16.1. The molecule has 3 heteroatoms. The first-order chi connectivity index (χ1) is 11.2. The normalized spacial score (nSPS) is 26.8. The second-order valence-electron chi connectivity index (χ2n) is 8.45. The first kappa shape index (κ1) is 17.7. The third-order valence-electron chi connectivity index (χ3n) is 7.05. The first-order valence-electron chi connectivity index (χ1n) is 10.4. The summed E-state index contributed by atoms with van der Waals surface area (Å²) in [6.07, 6.45) is 20.6. The fourth-order valence-corrected chi connectivity index (χ4v) is 13.1. The molecule has 0 heterocycles. The quantitative estimate of drug-likeness (QED) is 0.568. The van der Waals surface area contributed by atoms with Crippen molar-refractivity contribution in [2.45, 2.75) is 120 Å². The van der Waals surface area contributed by atoms with Crippen molar-refractivity contribution in [3.63, 3.8) is 0 Å². The molecule has 3 aliphatic carbocycles. The molecule has 0 aromatic rings. The van der Waals surface area contributed by atoms with Gasteiger partial charge in [-0.2, -0.15) is 0 Å². The van der Waals surface area contributed by atoms with E-state index in [-0.39, 0.29) is 5.97 Å². The average molecular weight is 340 g/mol. The van der Waals surface area contributed by atoms with Crippen molar-refractivity contribution in [1.82, 2.24) is 0 Å². The molecule has 0 spiro atoms. The van der Waals surface area contributed by atoms with Gasteiger partial charge in [0.1, 0.15) is 0 Å². The summed E-state index contributed by atoms with van der Waals surface area (Å²) in [7, 11) is -2.01. The second kappa shape index (κ2) is 8.32. The van der Waals surface area contributed by atoms with Crippen LogP contribution in [0.2, 0.25) is 0 Å². The van der Waals surface area contributed by atoms with Gasteiger partial charge in [-0.05, 0) is 0 Å². The van der Waals surface area contributed by atoms with Crippen molar-refractivity contribution in [3.8, 4) is 0 Å². The summed E-state index contributed by atoms with van der Waals surface area (Å²) in [6, 6.07) is 0. The summed E-state index contributed by atoms with van der Waals surface area (Å²) < 4.78 is 6.56. The van der Waals surface area contributed by atoms with Crippen LogP contribution >= 0.6 is 7.49 Å². The molecule has 0 saturated heterocycles. The van der Waals surface area contributed by atoms with Crippen LogP contribution in [0, 0.1) is 0 Å². The predicted octanol–water partition coefficient (Wildman–Crippen LogP) is 6.21. The van der Waals surface area contributed by atoms with Gasteiger partial charge in [-0.3, -0.25) is 0 Å². The standard InChI is InChI=1S/C20H37O2P/c1-17(21)22-23(18-11-5-2-6-12-18,19-13-7-3-8-14-19)20-15-9-4-10-16-20/h18-20,23H,2-16H2,1H3. The Morgan fingerprint density at radius 3 is 1.22 bits per heavy atom. The molecule has 0 atom stereocenters. The van der Waals surface area contributed by atoms with E-state index in [1.54, 1.807) is 6.92 Å². The van der Waals surface area contributed by atoms with Crippen LogP contribution in [0.15, 0.2) is 0 Å². The van der Waals surface area contributed by atoms with Crippen molar-refractivity contribution in [2.24, 2.45) is 0 Å². The minimum atomic E-state index is -2.01. The molecule has 3 rings (SSSR count). The summed E-state index contributed by atoms with van der Waals surface area (Å²) >= 11 is 0. The van der Waals surface area contributed by atoms with E-state index in [1.807, 2.05) is 0 Å². The molecule has 23 heavy (non-hydrogen) atoms. The first-order valence-corrected chi connectivity index (χ1v) is 12.6. The third kappa shape index (κ3) is 3.94. The predicted molar refractivity (Wildman–Crippen MR) is 101 cm³/mol. The average Bonchev–Trinajstić information content (AvgIpc) is 2.62. The van der Waals surface area contributed by atoms with Crippen LogP contribution in [0.1, 0.15) is 103 Å². The van der Waals surface area contributed by atoms with Gasteiger partial charge in [0.25, 0.3) is 0 Å². The fraction of sp³-hybridized carbons (Fsp3) is 0.950. The molecule has 3 saturated carbocycles. The van der Waals surface area contributed by atoms with Gasteiger partial charge in [-0.25, -0.2) is 0 Å². The third-order valence-corrected chi connectivity index (χ3v) is 13.3. The molecule has 0 unspecified atom stereocenters. The van der Waals surface area contributed by atoms with Gasteiger partial charge in [0, 0.05) is 0 Å². The van der Waals surface area contributed by atoms with Crippen LogP contribution < -0.4 is 0 Å². The maximum atomic E-state index is 12.2. The Bertz CT molecular complexity index is 332. The monoisotopic (exact) mass is 340 g/mol. The van der Waals surface area contributed by atoms with Crippen LogP contribution in [0.5, 0.6) is 0 Å². The van der Waals surface area contributed by atoms with Crippen molar-refractivity contribution in [2.75, 3.05) is 0 Å². The van der Waals surface area contributed by atoms with Gasteiger partial charge in [0.05, 0.1) is 0 Å². The Morgan fingerprint density at radius 1 is 0.652 bits per heavy atom. The van der Waals surface area contributed by atoms with Gasteiger partial charge in [0.15, 0.2) is 0 Å². The molecule has 0 aromatic heterocycles. The number of rotatable bonds is 4. The fourth-order valence-electron chi connectivity index (χ4n) is 6.16. The van der Waals surface area contributed by atoms with Crippen LogP contribution in [0.3, 0.4) is 0 Å². The van der Waals surface area contributed by atoms with E-state index < -0.39 is 7.49 Å². The van der Waals surface area contributed by atoms with Gasteiger partial charge >= 0.3 is 143 Å². The molecule has 0 radical (unpaired) electrons. The molecule has 0 aliphatic heterocycles. The minimum absolute atomic E-state index is 0.0402. The van der Waals surface area contributed by atoms with E-state index in [9.17, 15) is 4.79 Å². The number of carbonyl (C=O) groups excluding carboxylic acids is 1. The van der Waals surface area contributed by atoms with Gasteiger partial charge < -0.3 is 0 Å². The van der Waals surface area contributed by atoms with E-state index >= 15 is 0 Å². The zero-order valence-electron chi connectivity index (χ0n) is 15.2. The van der Waals surface area contributed by atoms with Crippen molar-refractivity contribution >= 4 is 13.5 Å². The molecule has 134 valence electrons. The summed E-state index contributed by atoms with van der Waals surface area (Å²) in [4.78, 5) is 12.2. The molecule has 0 N–H and O–H groups in total. The van der Waals surface area contributed by atoms with Crippen LogP contribution in [0.4, 0.5) is 0 Å². The van der Waals surface area contributed by atoms with E-state index in [0.717, 1.165) is 17.0 Å². The van der Waals surface area contributed by atoms with E-state index in [2.05, 4.69) is 0 Å². The molecule has 0 amide bonds. The van der Waals surface area contributed by atoms with Crippen LogP contribution in [-0.2, 0) is 9.32 Å². The summed E-state index contributed by atoms with van der Waals surface area (Å²) in [5.41, 5.74) is 2.31. The Morgan fingerprint density at radius 2 is 0.957 bits per heavy atom. The molecular formula is C20H37O2P. The summed E-state index contributed by atoms with van der Waals surface area (Å²) in [6.45, 7) is 1.69. The Balaban J connectivity index is 1.93. The topological polar surface area (TPSA) is 26.3 Å². The van der Waals surface area contributed by atoms with Crippen LogP contribution in [0.25, 0.3) is 0 Å². The summed E-state index contributed by atoms with van der Waals surface area (Å²) in [5.74, 6) is 0.0402. The number of hydrogen-bond donors (Lipinski definition) is 0. The van der Waals surface area contributed by atoms with E-state index in [1.165, 1.54) is 96.3 Å². The molecule has 0 aromatic carbocycles. The molecule has 3 fully saturated rings. The van der Waals surface area contributed by atoms with E-state index in [4.69, 9.17) is 4.52 Å². The van der Waals surface area contributed by atoms with E-state index in [0.29, 0.717) is 0 Å². The Kier molecular flexibility index (Phi) is 6.41. The second-order valence-corrected chi connectivity index (χ2v) is 12.8. The van der Waals surface area contributed by atoms with Crippen molar-refractivity contribution in [3.05, 3.63) is 0 Å². The molecular weight excluding hydrogens is 303 g/mol. The summed E-state index contributed by atoms with van der Waals surface area (Å²) in [5, 5.41) is 0. The zero-order valence-corrected chi connectivity index (χ0v) is 16.2. The number of hydrogen-bond acceptors (Lipinski definition) is 2. The maximum absolute atomic E-state index is 12.2. The molecule has 3 aliphatic rings. The molecule has 0 bridgehead atoms. The Labute approximate surface area is 143 Å². The Hall–Kier alpha value is -0.100. The van der Waals surface area contributed by atoms with Gasteiger partial charge in [-0.1, -0.05) is 0 Å². The van der Waals surface area contributed by atoms with Gasteiger partial charge in [-0.15, -0.1) is 0 Å². The van der Waals surface area contributed by atoms with Crippen molar-refractivity contribution < 1.29 is 9.32 Å². The van der Waals surface area contributed by atoms with Crippen molar-refractivity contribution in [1.29, 1.82) is 0 Å².